The van der Waals surface area contributed by atoms with Crippen LogP contribution in [-0.4, -0.2) is 61.5 Å². The number of nitrogens with zero attached hydrogens (tertiary/aromatic N) is 2. The van der Waals surface area contributed by atoms with Crippen molar-refractivity contribution in [3.63, 3.8) is 0 Å². The number of hydrogen-bond acceptors (Lipinski definition) is 4. The number of amides is 1. The second-order valence-electron chi connectivity index (χ2n) is 7.38. The Morgan fingerprint density at radius 3 is 2.87 bits per heavy atom. The average Bonchev–Trinajstić information content (AvgIpc) is 2.92. The van der Waals surface area contributed by atoms with E-state index in [1.165, 1.54) is 16.9 Å². The van der Waals surface area contributed by atoms with Crippen molar-refractivity contribution in [2.75, 3.05) is 39.8 Å². The van der Waals surface area contributed by atoms with Gasteiger partial charge in [0.25, 0.3) is 5.91 Å². The van der Waals surface area contributed by atoms with Gasteiger partial charge in [-0.2, -0.15) is 0 Å². The smallest absolute Gasteiger partial charge is 0.252 e. The Kier molecular flexibility index (Phi) is 5.39. The van der Waals surface area contributed by atoms with Gasteiger partial charge in [-0.1, -0.05) is 6.92 Å². The normalized spacial score (nSPS) is 24.2. The van der Waals surface area contributed by atoms with Crippen LogP contribution in [0.3, 0.4) is 0 Å². The molecule has 1 aromatic heterocycles. The van der Waals surface area contributed by atoms with Gasteiger partial charge >= 0.3 is 0 Å². The van der Waals surface area contributed by atoms with Crippen molar-refractivity contribution in [2.45, 2.75) is 39.2 Å². The van der Waals surface area contributed by atoms with Crippen molar-refractivity contribution < 1.29 is 4.79 Å². The minimum atomic E-state index is 0.124. The number of fused-ring (bicyclic) bond motifs is 1. The van der Waals surface area contributed by atoms with E-state index in [1.54, 1.807) is 11.3 Å². The SMILES string of the molecule is C[C@H]1CCc2c(C(=O)N[C@@H](C)CN3CCN(C)CC3)csc2C1. The molecule has 0 unspecified atom stereocenters. The minimum absolute atomic E-state index is 0.124. The first-order valence-corrected chi connectivity index (χ1v) is 9.72. The van der Waals surface area contributed by atoms with E-state index in [2.05, 4.69) is 41.4 Å². The number of rotatable bonds is 4. The van der Waals surface area contributed by atoms with Gasteiger partial charge in [-0.05, 0) is 44.7 Å². The number of carbonyl (C=O) groups is 1. The summed E-state index contributed by atoms with van der Waals surface area (Å²) in [6.07, 6.45) is 3.42. The van der Waals surface area contributed by atoms with Gasteiger partial charge in [-0.3, -0.25) is 9.69 Å². The lowest BCUT2D eigenvalue weighted by atomic mass is 9.88. The predicted molar refractivity (Wildman–Crippen MR) is 96.4 cm³/mol. The molecule has 1 fully saturated rings. The monoisotopic (exact) mass is 335 g/mol. The van der Waals surface area contributed by atoms with Crippen LogP contribution in [0.25, 0.3) is 0 Å². The van der Waals surface area contributed by atoms with Crippen LogP contribution in [0.2, 0.25) is 0 Å². The van der Waals surface area contributed by atoms with Crippen molar-refractivity contribution in [3.8, 4) is 0 Å². The Labute approximate surface area is 143 Å². The van der Waals surface area contributed by atoms with Gasteiger partial charge in [0.2, 0.25) is 0 Å². The first kappa shape index (κ1) is 16.9. The second kappa shape index (κ2) is 7.32. The van der Waals surface area contributed by atoms with Crippen molar-refractivity contribution in [1.29, 1.82) is 0 Å². The van der Waals surface area contributed by atoms with Crippen LogP contribution in [-0.2, 0) is 12.8 Å². The van der Waals surface area contributed by atoms with Gasteiger partial charge in [0, 0.05) is 49.0 Å². The average molecular weight is 336 g/mol. The Bertz CT molecular complexity index is 548. The molecule has 1 amide bonds. The van der Waals surface area contributed by atoms with Crippen LogP contribution in [0.1, 0.15) is 41.1 Å². The van der Waals surface area contributed by atoms with E-state index in [1.807, 2.05) is 0 Å². The third-order valence-corrected chi connectivity index (χ3v) is 6.20. The maximum Gasteiger partial charge on any atom is 0.252 e. The third kappa shape index (κ3) is 4.14. The topological polar surface area (TPSA) is 35.6 Å². The molecule has 2 aliphatic rings. The summed E-state index contributed by atoms with van der Waals surface area (Å²) in [4.78, 5) is 18.9. The number of hydrogen-bond donors (Lipinski definition) is 1. The fourth-order valence-corrected chi connectivity index (χ4v) is 4.88. The predicted octanol–water partition coefficient (Wildman–Crippen LogP) is 2.24. The highest BCUT2D eigenvalue weighted by atomic mass is 32.1. The Morgan fingerprint density at radius 2 is 2.13 bits per heavy atom. The molecule has 2 heterocycles. The minimum Gasteiger partial charge on any atom is -0.348 e. The van der Waals surface area contributed by atoms with E-state index in [9.17, 15) is 4.79 Å². The molecule has 0 radical (unpaired) electrons. The molecule has 1 saturated heterocycles. The molecule has 2 atom stereocenters. The van der Waals surface area contributed by atoms with E-state index in [-0.39, 0.29) is 11.9 Å². The summed E-state index contributed by atoms with van der Waals surface area (Å²) in [5.74, 6) is 0.881. The second-order valence-corrected chi connectivity index (χ2v) is 8.34. The molecule has 1 aliphatic carbocycles. The highest BCUT2D eigenvalue weighted by Crippen LogP contribution is 2.32. The Balaban J connectivity index is 1.55. The summed E-state index contributed by atoms with van der Waals surface area (Å²) < 4.78 is 0. The lowest BCUT2D eigenvalue weighted by Gasteiger charge is -2.34. The molecule has 1 aromatic rings. The van der Waals surface area contributed by atoms with Crippen molar-refractivity contribution in [2.24, 2.45) is 5.92 Å². The summed E-state index contributed by atoms with van der Waals surface area (Å²) in [5, 5.41) is 5.28. The molecule has 0 spiro atoms. The van der Waals surface area contributed by atoms with E-state index in [4.69, 9.17) is 0 Å². The summed E-state index contributed by atoms with van der Waals surface area (Å²) in [5.41, 5.74) is 2.25. The molecule has 128 valence electrons. The van der Waals surface area contributed by atoms with Crippen molar-refractivity contribution in [1.82, 2.24) is 15.1 Å². The molecule has 23 heavy (non-hydrogen) atoms. The Morgan fingerprint density at radius 1 is 1.39 bits per heavy atom. The summed E-state index contributed by atoms with van der Waals surface area (Å²) in [6, 6.07) is 0.198. The lowest BCUT2D eigenvalue weighted by molar-refractivity contribution is 0.0914. The van der Waals surface area contributed by atoms with E-state index >= 15 is 0 Å². The molecule has 5 heteroatoms. The maximum absolute atomic E-state index is 12.6. The molecule has 1 N–H and O–H groups in total. The Hall–Kier alpha value is -0.910. The van der Waals surface area contributed by atoms with Gasteiger partial charge in [0.1, 0.15) is 0 Å². The molecule has 0 saturated carbocycles. The van der Waals surface area contributed by atoms with Gasteiger partial charge in [-0.25, -0.2) is 0 Å². The molecular formula is C18H29N3OS. The number of carbonyl (C=O) groups excluding carboxylic acids is 1. The largest absolute Gasteiger partial charge is 0.348 e. The van der Waals surface area contributed by atoms with Crippen LogP contribution in [0.15, 0.2) is 5.38 Å². The summed E-state index contributed by atoms with van der Waals surface area (Å²) in [6.45, 7) is 9.82. The quantitative estimate of drug-likeness (QED) is 0.917. The summed E-state index contributed by atoms with van der Waals surface area (Å²) >= 11 is 1.77. The molecule has 0 bridgehead atoms. The van der Waals surface area contributed by atoms with Crippen LogP contribution in [0.4, 0.5) is 0 Å². The highest BCUT2D eigenvalue weighted by molar-refractivity contribution is 7.10. The van der Waals surface area contributed by atoms with Crippen LogP contribution in [0.5, 0.6) is 0 Å². The lowest BCUT2D eigenvalue weighted by Crippen LogP contribution is -2.49. The van der Waals surface area contributed by atoms with Crippen molar-refractivity contribution in [3.05, 3.63) is 21.4 Å². The molecular weight excluding hydrogens is 306 g/mol. The van der Waals surface area contributed by atoms with Crippen LogP contribution in [0, 0.1) is 5.92 Å². The molecule has 0 aromatic carbocycles. The highest BCUT2D eigenvalue weighted by Gasteiger charge is 2.24. The molecule has 1 aliphatic heterocycles. The van der Waals surface area contributed by atoms with Crippen molar-refractivity contribution >= 4 is 17.2 Å². The molecule has 4 nitrogen and oxygen atoms in total. The van der Waals surface area contributed by atoms with E-state index in [0.717, 1.165) is 57.0 Å². The maximum atomic E-state index is 12.6. The van der Waals surface area contributed by atoms with Gasteiger partial charge in [0.05, 0.1) is 5.56 Å². The number of thiophene rings is 1. The zero-order chi connectivity index (χ0) is 16.4. The third-order valence-electron chi connectivity index (χ3n) is 5.15. The van der Waals surface area contributed by atoms with Gasteiger partial charge in [-0.15, -0.1) is 11.3 Å². The summed E-state index contributed by atoms with van der Waals surface area (Å²) in [7, 11) is 2.17. The fraction of sp³-hybridized carbons (Fsp3) is 0.722. The number of likely N-dealkylation sites (N-methyl/N-ethyl adjacent to an activating group) is 1. The standard InChI is InChI=1S/C18H29N3OS/c1-13-4-5-15-16(12-23-17(15)10-13)18(22)19-14(2)11-21-8-6-20(3)7-9-21/h12-14H,4-11H2,1-3H3,(H,19,22)/t13-,14-/m0/s1. The first-order chi connectivity index (χ1) is 11.0. The first-order valence-electron chi connectivity index (χ1n) is 8.84. The van der Waals surface area contributed by atoms with Crippen LogP contribution < -0.4 is 5.32 Å². The van der Waals surface area contributed by atoms with Crippen LogP contribution >= 0.6 is 11.3 Å². The van der Waals surface area contributed by atoms with Gasteiger partial charge < -0.3 is 10.2 Å². The fourth-order valence-electron chi connectivity index (χ4n) is 3.63. The van der Waals surface area contributed by atoms with E-state index < -0.39 is 0 Å². The zero-order valence-corrected chi connectivity index (χ0v) is 15.4. The number of nitrogens with one attached hydrogen (secondary N) is 1. The van der Waals surface area contributed by atoms with Gasteiger partial charge in [0.15, 0.2) is 0 Å². The number of piperazine rings is 1. The zero-order valence-electron chi connectivity index (χ0n) is 14.6. The van der Waals surface area contributed by atoms with E-state index in [0.29, 0.717) is 0 Å². The molecule has 3 rings (SSSR count).